The van der Waals surface area contributed by atoms with E-state index in [1.54, 1.807) is 7.11 Å². The van der Waals surface area contributed by atoms with E-state index in [0.29, 0.717) is 5.92 Å². The normalized spacial score (nSPS) is 18.9. The molecule has 1 aliphatic heterocycles. The number of hydrogen-bond acceptors (Lipinski definition) is 5. The lowest BCUT2D eigenvalue weighted by Crippen LogP contribution is -2.46. The Morgan fingerprint density at radius 1 is 1.42 bits per heavy atom. The first-order valence-electron chi connectivity index (χ1n) is 6.95. The van der Waals surface area contributed by atoms with E-state index in [1.165, 1.54) is 35.0 Å². The van der Waals surface area contributed by atoms with E-state index in [1.807, 2.05) is 23.1 Å². The summed E-state index contributed by atoms with van der Waals surface area (Å²) in [6.07, 6.45) is 2.35. The fraction of sp³-hybridized carbons (Fsp3) is 0.786. The van der Waals surface area contributed by atoms with E-state index < -0.39 is 0 Å². The SMILES string of the molecule is COCCNC1(c2nc(C(C)C)cs2)CCSCC1. The second kappa shape index (κ2) is 7.07. The zero-order chi connectivity index (χ0) is 13.7. The molecule has 19 heavy (non-hydrogen) atoms. The van der Waals surface area contributed by atoms with Crippen LogP contribution in [0.3, 0.4) is 0 Å². The van der Waals surface area contributed by atoms with E-state index in [-0.39, 0.29) is 5.54 Å². The molecule has 0 atom stereocenters. The maximum absolute atomic E-state index is 5.17. The van der Waals surface area contributed by atoms with Gasteiger partial charge in [0.05, 0.1) is 17.8 Å². The van der Waals surface area contributed by atoms with E-state index >= 15 is 0 Å². The van der Waals surface area contributed by atoms with Crippen LogP contribution >= 0.6 is 23.1 Å². The van der Waals surface area contributed by atoms with Gasteiger partial charge in [-0.3, -0.25) is 0 Å². The van der Waals surface area contributed by atoms with Gasteiger partial charge in [0.1, 0.15) is 5.01 Å². The summed E-state index contributed by atoms with van der Waals surface area (Å²) in [6.45, 7) is 6.08. The minimum absolute atomic E-state index is 0.0849. The lowest BCUT2D eigenvalue weighted by atomic mass is 9.92. The maximum atomic E-state index is 5.17. The molecule has 0 amide bonds. The van der Waals surface area contributed by atoms with Crippen molar-refractivity contribution in [2.45, 2.75) is 38.1 Å². The Morgan fingerprint density at radius 2 is 2.16 bits per heavy atom. The van der Waals surface area contributed by atoms with Crippen molar-refractivity contribution in [1.29, 1.82) is 0 Å². The number of nitrogens with zero attached hydrogens (tertiary/aromatic N) is 1. The molecule has 0 aliphatic carbocycles. The minimum atomic E-state index is 0.0849. The molecule has 5 heteroatoms. The number of nitrogens with one attached hydrogen (secondary N) is 1. The molecule has 1 fully saturated rings. The molecule has 1 aliphatic rings. The first kappa shape index (κ1) is 15.3. The Kier molecular flexibility index (Phi) is 5.69. The highest BCUT2D eigenvalue weighted by Gasteiger charge is 2.36. The van der Waals surface area contributed by atoms with Crippen LogP contribution in [-0.2, 0) is 10.3 Å². The van der Waals surface area contributed by atoms with Crippen LogP contribution in [0.1, 0.15) is 43.3 Å². The number of aromatic nitrogens is 1. The molecule has 1 N–H and O–H groups in total. The summed E-state index contributed by atoms with van der Waals surface area (Å²) in [6, 6.07) is 0. The fourth-order valence-corrected chi connectivity index (χ4v) is 4.76. The van der Waals surface area contributed by atoms with Crippen molar-refractivity contribution in [1.82, 2.24) is 10.3 Å². The van der Waals surface area contributed by atoms with Crippen LogP contribution in [0, 0.1) is 0 Å². The molecular weight excluding hydrogens is 276 g/mol. The van der Waals surface area contributed by atoms with Gasteiger partial charge in [-0.2, -0.15) is 11.8 Å². The second-order valence-corrected chi connectivity index (χ2v) is 7.43. The predicted molar refractivity (Wildman–Crippen MR) is 84.3 cm³/mol. The molecule has 0 aromatic carbocycles. The van der Waals surface area contributed by atoms with Crippen LogP contribution in [0.5, 0.6) is 0 Å². The van der Waals surface area contributed by atoms with E-state index in [0.717, 1.165) is 13.2 Å². The highest BCUT2D eigenvalue weighted by molar-refractivity contribution is 7.99. The second-order valence-electron chi connectivity index (χ2n) is 5.35. The number of thioether (sulfide) groups is 1. The average molecular weight is 300 g/mol. The summed E-state index contributed by atoms with van der Waals surface area (Å²) in [7, 11) is 1.76. The third-order valence-electron chi connectivity index (χ3n) is 3.64. The number of ether oxygens (including phenoxy) is 1. The molecule has 0 spiro atoms. The first-order valence-corrected chi connectivity index (χ1v) is 8.99. The first-order chi connectivity index (χ1) is 9.18. The van der Waals surface area contributed by atoms with Gasteiger partial charge >= 0.3 is 0 Å². The van der Waals surface area contributed by atoms with Crippen LogP contribution < -0.4 is 5.32 Å². The molecule has 0 unspecified atom stereocenters. The lowest BCUT2D eigenvalue weighted by Gasteiger charge is -2.36. The van der Waals surface area contributed by atoms with E-state index in [9.17, 15) is 0 Å². The third kappa shape index (κ3) is 3.72. The van der Waals surface area contributed by atoms with Crippen molar-refractivity contribution in [3.8, 4) is 0 Å². The Morgan fingerprint density at radius 3 is 2.74 bits per heavy atom. The Balaban J connectivity index is 2.15. The molecule has 1 aromatic heterocycles. The largest absolute Gasteiger partial charge is 0.383 e. The molecular formula is C14H24N2OS2. The zero-order valence-corrected chi connectivity index (χ0v) is 13.7. The molecule has 0 saturated carbocycles. The van der Waals surface area contributed by atoms with Crippen molar-refractivity contribution >= 4 is 23.1 Å². The average Bonchev–Trinajstić information content (AvgIpc) is 2.90. The smallest absolute Gasteiger partial charge is 0.113 e. The molecule has 2 heterocycles. The van der Waals surface area contributed by atoms with Crippen LogP contribution in [0.15, 0.2) is 5.38 Å². The Bertz CT molecular complexity index is 387. The minimum Gasteiger partial charge on any atom is -0.383 e. The summed E-state index contributed by atoms with van der Waals surface area (Å²) < 4.78 is 5.17. The number of hydrogen-bond donors (Lipinski definition) is 1. The predicted octanol–water partition coefficient (Wildman–Crippen LogP) is 3.22. The van der Waals surface area contributed by atoms with Gasteiger partial charge in [-0.1, -0.05) is 13.8 Å². The standard InChI is InChI=1S/C14H24N2OS2/c1-11(2)12-10-19-13(16-12)14(15-6-7-17-3)4-8-18-9-5-14/h10-11,15H,4-9H2,1-3H3. The molecule has 0 radical (unpaired) electrons. The van der Waals surface area contributed by atoms with Gasteiger partial charge in [-0.25, -0.2) is 4.98 Å². The van der Waals surface area contributed by atoms with Gasteiger partial charge in [0.25, 0.3) is 0 Å². The fourth-order valence-electron chi connectivity index (χ4n) is 2.35. The third-order valence-corrected chi connectivity index (χ3v) is 5.69. The molecule has 108 valence electrons. The summed E-state index contributed by atoms with van der Waals surface area (Å²) in [5.41, 5.74) is 1.31. The van der Waals surface area contributed by atoms with Gasteiger partial charge in [0.2, 0.25) is 0 Å². The van der Waals surface area contributed by atoms with Gasteiger partial charge < -0.3 is 10.1 Å². The zero-order valence-electron chi connectivity index (χ0n) is 12.1. The summed E-state index contributed by atoms with van der Waals surface area (Å²) in [4.78, 5) is 4.89. The van der Waals surface area contributed by atoms with Crippen LogP contribution in [0.25, 0.3) is 0 Å². The summed E-state index contributed by atoms with van der Waals surface area (Å²) >= 11 is 3.87. The van der Waals surface area contributed by atoms with Crippen molar-refractivity contribution in [3.63, 3.8) is 0 Å². The van der Waals surface area contributed by atoms with E-state index in [2.05, 4.69) is 24.5 Å². The van der Waals surface area contributed by atoms with Crippen LogP contribution in [0.2, 0.25) is 0 Å². The lowest BCUT2D eigenvalue weighted by molar-refractivity contribution is 0.179. The molecule has 2 rings (SSSR count). The topological polar surface area (TPSA) is 34.1 Å². The maximum Gasteiger partial charge on any atom is 0.113 e. The van der Waals surface area contributed by atoms with Crippen molar-refractivity contribution in [2.75, 3.05) is 31.8 Å². The van der Waals surface area contributed by atoms with Gasteiger partial charge in [-0.05, 0) is 30.3 Å². The highest BCUT2D eigenvalue weighted by Crippen LogP contribution is 2.38. The Labute approximate surface area is 124 Å². The van der Waals surface area contributed by atoms with Gasteiger partial charge in [0, 0.05) is 19.0 Å². The monoisotopic (exact) mass is 300 g/mol. The van der Waals surface area contributed by atoms with E-state index in [4.69, 9.17) is 9.72 Å². The van der Waals surface area contributed by atoms with Gasteiger partial charge in [-0.15, -0.1) is 11.3 Å². The molecule has 1 aromatic rings. The summed E-state index contributed by atoms with van der Waals surface area (Å²) in [5.74, 6) is 2.95. The molecule has 0 bridgehead atoms. The number of methoxy groups -OCH3 is 1. The molecule has 3 nitrogen and oxygen atoms in total. The van der Waals surface area contributed by atoms with Crippen molar-refractivity contribution in [3.05, 3.63) is 16.1 Å². The van der Waals surface area contributed by atoms with Crippen LogP contribution in [-0.4, -0.2) is 36.8 Å². The van der Waals surface area contributed by atoms with Crippen LogP contribution in [0.4, 0.5) is 0 Å². The van der Waals surface area contributed by atoms with Gasteiger partial charge in [0.15, 0.2) is 0 Å². The Hall–Kier alpha value is -0.100. The van der Waals surface area contributed by atoms with Crippen molar-refractivity contribution in [2.24, 2.45) is 0 Å². The number of thiazole rings is 1. The number of rotatable bonds is 6. The summed E-state index contributed by atoms with van der Waals surface area (Å²) in [5, 5.41) is 7.21. The quantitative estimate of drug-likeness (QED) is 0.818. The van der Waals surface area contributed by atoms with Crippen molar-refractivity contribution < 1.29 is 4.74 Å². The highest BCUT2D eigenvalue weighted by atomic mass is 32.2. The molecule has 1 saturated heterocycles.